The monoisotopic (exact) mass is 202 g/mol. The Kier molecular flexibility index (Phi) is 3.89. The van der Waals surface area contributed by atoms with Crippen molar-refractivity contribution in [3.05, 3.63) is 0 Å². The van der Waals surface area contributed by atoms with Gasteiger partial charge >= 0.3 is 5.97 Å². The summed E-state index contributed by atoms with van der Waals surface area (Å²) >= 11 is 0. The first kappa shape index (κ1) is 11.5. The third-order valence-electron chi connectivity index (χ3n) is 2.20. The average molecular weight is 202 g/mol. The Morgan fingerprint density at radius 1 is 1.57 bits per heavy atom. The molecule has 0 aromatic heterocycles. The van der Waals surface area contributed by atoms with Gasteiger partial charge in [-0.3, -0.25) is 4.79 Å². The summed E-state index contributed by atoms with van der Waals surface area (Å²) in [5.41, 5.74) is 0. The molecular formula is C10H18O4. The maximum atomic E-state index is 10.8. The van der Waals surface area contributed by atoms with E-state index < -0.39 is 5.79 Å². The molecule has 0 aromatic carbocycles. The molecule has 1 heterocycles. The highest BCUT2D eigenvalue weighted by molar-refractivity contribution is 5.68. The Hall–Kier alpha value is -0.610. The Morgan fingerprint density at radius 3 is 2.79 bits per heavy atom. The number of esters is 1. The van der Waals surface area contributed by atoms with Crippen LogP contribution in [-0.2, 0) is 19.0 Å². The highest BCUT2D eigenvalue weighted by atomic mass is 16.7. The van der Waals surface area contributed by atoms with Crippen molar-refractivity contribution in [1.82, 2.24) is 0 Å². The molecular weight excluding hydrogens is 184 g/mol. The van der Waals surface area contributed by atoms with Crippen molar-refractivity contribution in [2.75, 3.05) is 13.7 Å². The first-order valence-corrected chi connectivity index (χ1v) is 4.92. The third kappa shape index (κ3) is 3.64. The molecule has 0 radical (unpaired) electrons. The minimum atomic E-state index is -0.462. The predicted octanol–water partition coefficient (Wildman–Crippen LogP) is 1.48. The molecule has 1 rings (SSSR count). The number of ether oxygens (including phenoxy) is 3. The van der Waals surface area contributed by atoms with Crippen LogP contribution in [0.2, 0.25) is 0 Å². The second-order valence-corrected chi connectivity index (χ2v) is 3.92. The molecule has 1 fully saturated rings. The Morgan fingerprint density at radius 2 is 2.29 bits per heavy atom. The highest BCUT2D eigenvalue weighted by Gasteiger charge is 2.32. The average Bonchev–Trinajstić information content (AvgIpc) is 2.45. The smallest absolute Gasteiger partial charge is 0.305 e. The maximum Gasteiger partial charge on any atom is 0.305 e. The first-order chi connectivity index (χ1) is 6.53. The van der Waals surface area contributed by atoms with Gasteiger partial charge < -0.3 is 14.2 Å². The maximum absolute atomic E-state index is 10.8. The molecule has 0 amide bonds. The molecule has 1 saturated heterocycles. The van der Waals surface area contributed by atoms with Gasteiger partial charge in [0.15, 0.2) is 5.79 Å². The van der Waals surface area contributed by atoms with Crippen molar-refractivity contribution in [2.45, 2.75) is 45.0 Å². The lowest BCUT2D eigenvalue weighted by molar-refractivity contribution is -0.142. The molecule has 0 saturated carbocycles. The summed E-state index contributed by atoms with van der Waals surface area (Å²) < 4.78 is 15.5. The SMILES string of the molecule is COC(=O)CCC[C@@H]1COC(C)(C)O1. The molecule has 14 heavy (non-hydrogen) atoms. The van der Waals surface area contributed by atoms with Gasteiger partial charge in [-0.25, -0.2) is 0 Å². The number of hydrogen-bond donors (Lipinski definition) is 0. The van der Waals surface area contributed by atoms with Crippen LogP contribution in [-0.4, -0.2) is 31.6 Å². The van der Waals surface area contributed by atoms with Gasteiger partial charge in [0.2, 0.25) is 0 Å². The summed E-state index contributed by atoms with van der Waals surface area (Å²) in [5, 5.41) is 0. The molecule has 82 valence electrons. The van der Waals surface area contributed by atoms with Gasteiger partial charge in [0.1, 0.15) is 0 Å². The molecule has 0 aliphatic carbocycles. The molecule has 1 aliphatic heterocycles. The predicted molar refractivity (Wildman–Crippen MR) is 50.8 cm³/mol. The fraction of sp³-hybridized carbons (Fsp3) is 0.900. The van der Waals surface area contributed by atoms with E-state index in [0.717, 1.165) is 12.8 Å². The molecule has 4 heteroatoms. The molecule has 0 N–H and O–H groups in total. The Labute approximate surface area is 84.5 Å². The van der Waals surface area contributed by atoms with Crippen LogP contribution in [0.5, 0.6) is 0 Å². The summed E-state index contributed by atoms with van der Waals surface area (Å²) in [5.74, 6) is -0.626. The van der Waals surface area contributed by atoms with E-state index in [2.05, 4.69) is 4.74 Å². The van der Waals surface area contributed by atoms with E-state index in [1.54, 1.807) is 0 Å². The summed E-state index contributed by atoms with van der Waals surface area (Å²) in [6.07, 6.45) is 2.21. The van der Waals surface area contributed by atoms with Gasteiger partial charge in [-0.05, 0) is 26.7 Å². The van der Waals surface area contributed by atoms with Crippen LogP contribution >= 0.6 is 0 Å². The lowest BCUT2D eigenvalue weighted by Gasteiger charge is -2.16. The number of methoxy groups -OCH3 is 1. The van der Waals surface area contributed by atoms with Gasteiger partial charge in [0, 0.05) is 6.42 Å². The summed E-state index contributed by atoms with van der Waals surface area (Å²) in [6.45, 7) is 4.41. The standard InChI is InChI=1S/C10H18O4/c1-10(2)13-7-8(14-10)5-4-6-9(11)12-3/h8H,4-7H2,1-3H3/t8-/m1/s1. The molecule has 0 spiro atoms. The minimum absolute atomic E-state index is 0.120. The number of rotatable bonds is 4. The summed E-state index contributed by atoms with van der Waals surface area (Å²) in [4.78, 5) is 10.8. The third-order valence-corrected chi connectivity index (χ3v) is 2.20. The second kappa shape index (κ2) is 4.75. The van der Waals surface area contributed by atoms with Crippen molar-refractivity contribution >= 4 is 5.97 Å². The fourth-order valence-electron chi connectivity index (χ4n) is 1.48. The van der Waals surface area contributed by atoms with Crippen molar-refractivity contribution < 1.29 is 19.0 Å². The van der Waals surface area contributed by atoms with Crippen molar-refractivity contribution in [3.8, 4) is 0 Å². The van der Waals surface area contributed by atoms with Gasteiger partial charge in [-0.15, -0.1) is 0 Å². The van der Waals surface area contributed by atoms with Gasteiger partial charge in [0.25, 0.3) is 0 Å². The molecule has 0 unspecified atom stereocenters. The lowest BCUT2D eigenvalue weighted by Crippen LogP contribution is -2.21. The minimum Gasteiger partial charge on any atom is -0.469 e. The fourth-order valence-corrected chi connectivity index (χ4v) is 1.48. The number of carbonyl (C=O) groups is 1. The Bertz CT molecular complexity index is 200. The van der Waals surface area contributed by atoms with Gasteiger partial charge in [-0.2, -0.15) is 0 Å². The van der Waals surface area contributed by atoms with E-state index in [1.165, 1.54) is 7.11 Å². The molecule has 1 aliphatic rings. The molecule has 1 atom stereocenters. The molecule has 0 bridgehead atoms. The topological polar surface area (TPSA) is 44.8 Å². The van der Waals surface area contributed by atoms with Crippen molar-refractivity contribution in [3.63, 3.8) is 0 Å². The zero-order valence-electron chi connectivity index (χ0n) is 9.04. The highest BCUT2D eigenvalue weighted by Crippen LogP contribution is 2.25. The molecule has 0 aromatic rings. The largest absolute Gasteiger partial charge is 0.469 e. The summed E-state index contributed by atoms with van der Waals surface area (Å²) in [7, 11) is 1.40. The van der Waals surface area contributed by atoms with Crippen LogP contribution in [0, 0.1) is 0 Å². The Balaban J connectivity index is 2.12. The van der Waals surface area contributed by atoms with Crippen LogP contribution in [0.4, 0.5) is 0 Å². The van der Waals surface area contributed by atoms with Gasteiger partial charge in [-0.1, -0.05) is 0 Å². The summed E-state index contributed by atoms with van der Waals surface area (Å²) in [6, 6.07) is 0. The number of hydrogen-bond acceptors (Lipinski definition) is 4. The van der Waals surface area contributed by atoms with Crippen molar-refractivity contribution in [2.24, 2.45) is 0 Å². The van der Waals surface area contributed by atoms with E-state index in [-0.39, 0.29) is 12.1 Å². The van der Waals surface area contributed by atoms with E-state index in [1.807, 2.05) is 13.8 Å². The molecule has 4 nitrogen and oxygen atoms in total. The van der Waals surface area contributed by atoms with Gasteiger partial charge in [0.05, 0.1) is 19.8 Å². The van der Waals surface area contributed by atoms with E-state index in [0.29, 0.717) is 13.0 Å². The van der Waals surface area contributed by atoms with E-state index in [4.69, 9.17) is 9.47 Å². The van der Waals surface area contributed by atoms with Crippen LogP contribution in [0.3, 0.4) is 0 Å². The van der Waals surface area contributed by atoms with Crippen LogP contribution in [0.25, 0.3) is 0 Å². The number of carbonyl (C=O) groups excluding carboxylic acids is 1. The van der Waals surface area contributed by atoms with E-state index >= 15 is 0 Å². The first-order valence-electron chi connectivity index (χ1n) is 4.92. The zero-order valence-corrected chi connectivity index (χ0v) is 9.04. The van der Waals surface area contributed by atoms with Crippen LogP contribution in [0.1, 0.15) is 33.1 Å². The second-order valence-electron chi connectivity index (χ2n) is 3.92. The van der Waals surface area contributed by atoms with Crippen molar-refractivity contribution in [1.29, 1.82) is 0 Å². The normalized spacial score (nSPS) is 24.9. The van der Waals surface area contributed by atoms with E-state index in [9.17, 15) is 4.79 Å². The van der Waals surface area contributed by atoms with Crippen LogP contribution < -0.4 is 0 Å². The lowest BCUT2D eigenvalue weighted by atomic mass is 10.1. The zero-order chi connectivity index (χ0) is 10.6. The van der Waals surface area contributed by atoms with Crippen LogP contribution in [0.15, 0.2) is 0 Å². The quantitative estimate of drug-likeness (QED) is 0.648.